The summed E-state index contributed by atoms with van der Waals surface area (Å²) in [7, 11) is -3.71. The molecule has 0 spiro atoms. The molecule has 0 aromatic heterocycles. The minimum atomic E-state index is -3.71. The zero-order chi connectivity index (χ0) is 18.9. The summed E-state index contributed by atoms with van der Waals surface area (Å²) < 4.78 is 27.2. The number of rotatable bonds is 4. The van der Waals surface area contributed by atoms with Crippen molar-refractivity contribution in [3.05, 3.63) is 58.6 Å². The number of halogens is 1. The van der Waals surface area contributed by atoms with E-state index in [0.29, 0.717) is 30.1 Å². The van der Waals surface area contributed by atoms with E-state index in [-0.39, 0.29) is 10.8 Å². The van der Waals surface area contributed by atoms with Crippen molar-refractivity contribution in [1.29, 1.82) is 0 Å². The van der Waals surface area contributed by atoms with Gasteiger partial charge in [0.25, 0.3) is 0 Å². The van der Waals surface area contributed by atoms with Crippen molar-refractivity contribution in [2.75, 3.05) is 11.9 Å². The maximum atomic E-state index is 13.0. The first-order valence-corrected chi connectivity index (χ1v) is 10.3. The van der Waals surface area contributed by atoms with Crippen LogP contribution >= 0.6 is 11.6 Å². The van der Waals surface area contributed by atoms with Crippen molar-refractivity contribution in [3.63, 3.8) is 0 Å². The standard InChI is InChI=1S/C19H21ClN2O3S/c1-13-5-9-16(10-6-13)26(24,25)22-11-3-4-18(22)19(23)21-17-12-15(20)8-7-14(17)2/h5-10,12,18H,3-4,11H2,1-2H3,(H,21,23)/t18-/m0/s1. The Morgan fingerprint density at radius 1 is 1.15 bits per heavy atom. The third-order valence-corrected chi connectivity index (χ3v) is 6.75. The first kappa shape index (κ1) is 18.9. The Labute approximate surface area is 159 Å². The molecule has 1 N–H and O–H groups in total. The number of nitrogens with one attached hydrogen (secondary N) is 1. The molecule has 26 heavy (non-hydrogen) atoms. The number of hydrogen-bond donors (Lipinski definition) is 1. The van der Waals surface area contributed by atoms with E-state index in [9.17, 15) is 13.2 Å². The summed E-state index contributed by atoms with van der Waals surface area (Å²) in [4.78, 5) is 13.0. The number of carbonyl (C=O) groups excluding carboxylic acids is 1. The van der Waals surface area contributed by atoms with Gasteiger partial charge >= 0.3 is 0 Å². The highest BCUT2D eigenvalue weighted by atomic mass is 35.5. The van der Waals surface area contributed by atoms with E-state index in [1.165, 1.54) is 4.31 Å². The van der Waals surface area contributed by atoms with E-state index in [2.05, 4.69) is 5.32 Å². The molecule has 1 atom stereocenters. The lowest BCUT2D eigenvalue weighted by Gasteiger charge is -2.24. The highest BCUT2D eigenvalue weighted by Crippen LogP contribution is 2.28. The number of nitrogens with zero attached hydrogens (tertiary/aromatic N) is 1. The number of anilines is 1. The maximum absolute atomic E-state index is 13.0. The lowest BCUT2D eigenvalue weighted by atomic mass is 10.1. The molecule has 0 aliphatic carbocycles. The zero-order valence-electron chi connectivity index (χ0n) is 14.7. The fourth-order valence-electron chi connectivity index (χ4n) is 3.08. The van der Waals surface area contributed by atoms with Gasteiger partial charge in [-0.3, -0.25) is 4.79 Å². The number of benzene rings is 2. The number of sulfonamides is 1. The zero-order valence-corrected chi connectivity index (χ0v) is 16.3. The van der Waals surface area contributed by atoms with Gasteiger partial charge in [0.2, 0.25) is 15.9 Å². The van der Waals surface area contributed by atoms with Gasteiger partial charge in [-0.25, -0.2) is 8.42 Å². The van der Waals surface area contributed by atoms with Gasteiger partial charge in [0.05, 0.1) is 4.90 Å². The molecule has 2 aromatic carbocycles. The first-order chi connectivity index (χ1) is 12.3. The van der Waals surface area contributed by atoms with E-state index in [1.54, 1.807) is 36.4 Å². The second-order valence-corrected chi connectivity index (χ2v) is 8.86. The van der Waals surface area contributed by atoms with Crippen LogP contribution in [0.1, 0.15) is 24.0 Å². The van der Waals surface area contributed by atoms with Crippen LogP contribution in [-0.2, 0) is 14.8 Å². The second-order valence-electron chi connectivity index (χ2n) is 6.54. The van der Waals surface area contributed by atoms with Crippen molar-refractivity contribution < 1.29 is 13.2 Å². The Hall–Kier alpha value is -1.89. The largest absolute Gasteiger partial charge is 0.324 e. The first-order valence-electron chi connectivity index (χ1n) is 8.44. The molecule has 7 heteroatoms. The molecular weight excluding hydrogens is 372 g/mol. The van der Waals surface area contributed by atoms with Gasteiger partial charge < -0.3 is 5.32 Å². The van der Waals surface area contributed by atoms with Crippen LogP contribution < -0.4 is 5.32 Å². The summed E-state index contributed by atoms with van der Waals surface area (Å²) in [6.45, 7) is 4.10. The van der Waals surface area contributed by atoms with Gasteiger partial charge in [-0.15, -0.1) is 0 Å². The monoisotopic (exact) mass is 392 g/mol. The number of aryl methyl sites for hydroxylation is 2. The Bertz CT molecular complexity index is 926. The van der Waals surface area contributed by atoms with Crippen molar-refractivity contribution in [2.45, 2.75) is 37.6 Å². The third kappa shape index (κ3) is 3.77. The average Bonchev–Trinajstić information content (AvgIpc) is 3.09. The van der Waals surface area contributed by atoms with E-state index < -0.39 is 16.1 Å². The topological polar surface area (TPSA) is 66.5 Å². The molecular formula is C19H21ClN2O3S. The van der Waals surface area contributed by atoms with E-state index in [0.717, 1.165) is 11.1 Å². The number of hydrogen-bond acceptors (Lipinski definition) is 3. The van der Waals surface area contributed by atoms with Gasteiger partial charge in [-0.2, -0.15) is 4.31 Å². The quantitative estimate of drug-likeness (QED) is 0.861. The van der Waals surface area contributed by atoms with E-state index >= 15 is 0 Å². The summed E-state index contributed by atoms with van der Waals surface area (Å²) in [5.41, 5.74) is 2.45. The van der Waals surface area contributed by atoms with Crippen LogP contribution in [0.4, 0.5) is 5.69 Å². The molecule has 1 fully saturated rings. The summed E-state index contributed by atoms with van der Waals surface area (Å²) in [6, 6.07) is 11.2. The van der Waals surface area contributed by atoms with Crippen LogP contribution in [0, 0.1) is 13.8 Å². The van der Waals surface area contributed by atoms with Crippen molar-refractivity contribution in [3.8, 4) is 0 Å². The molecule has 1 saturated heterocycles. The minimum absolute atomic E-state index is 0.210. The van der Waals surface area contributed by atoms with Gasteiger partial charge in [-0.05, 0) is 56.5 Å². The maximum Gasteiger partial charge on any atom is 0.243 e. The van der Waals surface area contributed by atoms with Crippen molar-refractivity contribution in [1.82, 2.24) is 4.31 Å². The van der Waals surface area contributed by atoms with Crippen LogP contribution in [0.2, 0.25) is 5.02 Å². The molecule has 1 heterocycles. The summed E-state index contributed by atoms with van der Waals surface area (Å²) in [5, 5.41) is 3.34. The van der Waals surface area contributed by atoms with Crippen LogP contribution in [0.25, 0.3) is 0 Å². The van der Waals surface area contributed by atoms with Gasteiger partial charge in [0.1, 0.15) is 6.04 Å². The number of amides is 1. The lowest BCUT2D eigenvalue weighted by molar-refractivity contribution is -0.119. The minimum Gasteiger partial charge on any atom is -0.324 e. The molecule has 1 aliphatic heterocycles. The Morgan fingerprint density at radius 2 is 1.85 bits per heavy atom. The molecule has 138 valence electrons. The Balaban J connectivity index is 1.84. The third-order valence-electron chi connectivity index (χ3n) is 4.59. The number of carbonyl (C=O) groups is 1. The van der Waals surface area contributed by atoms with Crippen molar-refractivity contribution >= 4 is 33.2 Å². The van der Waals surface area contributed by atoms with Crippen molar-refractivity contribution in [2.24, 2.45) is 0 Å². The predicted molar refractivity (Wildman–Crippen MR) is 103 cm³/mol. The predicted octanol–water partition coefficient (Wildman–Crippen LogP) is 3.75. The highest BCUT2D eigenvalue weighted by Gasteiger charge is 2.39. The fraction of sp³-hybridized carbons (Fsp3) is 0.316. The molecule has 0 radical (unpaired) electrons. The Kier molecular flexibility index (Phi) is 5.37. The molecule has 0 unspecified atom stereocenters. The SMILES string of the molecule is Cc1ccc(S(=O)(=O)N2CCC[C@H]2C(=O)Nc2cc(Cl)ccc2C)cc1. The van der Waals surface area contributed by atoms with Crippen LogP contribution in [0.15, 0.2) is 47.4 Å². The van der Waals surface area contributed by atoms with E-state index in [1.807, 2.05) is 19.9 Å². The molecule has 0 saturated carbocycles. The smallest absolute Gasteiger partial charge is 0.243 e. The molecule has 3 rings (SSSR count). The summed E-state index contributed by atoms with van der Waals surface area (Å²) in [6.07, 6.45) is 1.15. The highest BCUT2D eigenvalue weighted by molar-refractivity contribution is 7.89. The van der Waals surface area contributed by atoms with Crippen LogP contribution in [0.3, 0.4) is 0 Å². The van der Waals surface area contributed by atoms with Gasteiger partial charge in [0.15, 0.2) is 0 Å². The summed E-state index contributed by atoms with van der Waals surface area (Å²) in [5.74, 6) is -0.330. The normalized spacial score (nSPS) is 18.0. The van der Waals surface area contributed by atoms with Gasteiger partial charge in [0, 0.05) is 17.3 Å². The van der Waals surface area contributed by atoms with Gasteiger partial charge in [-0.1, -0.05) is 35.4 Å². The molecule has 1 aliphatic rings. The lowest BCUT2D eigenvalue weighted by Crippen LogP contribution is -2.43. The molecule has 1 amide bonds. The fourth-order valence-corrected chi connectivity index (χ4v) is 4.91. The Morgan fingerprint density at radius 3 is 2.54 bits per heavy atom. The van der Waals surface area contributed by atoms with Crippen LogP contribution in [0.5, 0.6) is 0 Å². The molecule has 0 bridgehead atoms. The van der Waals surface area contributed by atoms with Crippen LogP contribution in [-0.4, -0.2) is 31.2 Å². The molecule has 5 nitrogen and oxygen atoms in total. The van der Waals surface area contributed by atoms with E-state index in [4.69, 9.17) is 11.6 Å². The summed E-state index contributed by atoms with van der Waals surface area (Å²) >= 11 is 6.00. The average molecular weight is 393 g/mol. The molecule has 2 aromatic rings. The second kappa shape index (κ2) is 7.39.